The summed E-state index contributed by atoms with van der Waals surface area (Å²) in [7, 11) is -3.53. The normalized spacial score (nSPS) is 20.1. The smallest absolute Gasteiger partial charge is 0.282 e. The zero-order valence-corrected chi connectivity index (χ0v) is 20.3. The second kappa shape index (κ2) is 10.3. The summed E-state index contributed by atoms with van der Waals surface area (Å²) < 4.78 is 30.9. The van der Waals surface area contributed by atoms with Crippen molar-refractivity contribution in [2.45, 2.75) is 51.2 Å². The predicted molar refractivity (Wildman–Crippen MR) is 135 cm³/mol. The number of nitrogens with one attached hydrogen (secondary N) is 1. The van der Waals surface area contributed by atoms with Gasteiger partial charge in [-0.2, -0.15) is 17.0 Å². The van der Waals surface area contributed by atoms with E-state index in [1.54, 1.807) is 14.9 Å². The van der Waals surface area contributed by atoms with E-state index in [0.717, 1.165) is 49.0 Å². The number of fused-ring (bicyclic) bond motifs is 1. The van der Waals surface area contributed by atoms with E-state index in [9.17, 15) is 8.42 Å². The second-order valence-electron chi connectivity index (χ2n) is 9.27. The topological polar surface area (TPSA) is 72.5 Å². The van der Waals surface area contributed by atoms with Gasteiger partial charge < -0.3 is 9.88 Å². The van der Waals surface area contributed by atoms with E-state index < -0.39 is 10.2 Å². The first-order valence-corrected chi connectivity index (χ1v) is 13.6. The van der Waals surface area contributed by atoms with Crippen LogP contribution in [0.1, 0.15) is 42.5 Å². The minimum atomic E-state index is -3.53. The van der Waals surface area contributed by atoms with E-state index in [1.165, 1.54) is 5.56 Å². The van der Waals surface area contributed by atoms with Crippen LogP contribution in [-0.2, 0) is 29.7 Å². The molecule has 1 unspecified atom stereocenters. The number of para-hydroxylation sites is 1. The summed E-state index contributed by atoms with van der Waals surface area (Å²) in [5.74, 6) is 0. The van der Waals surface area contributed by atoms with E-state index in [-0.39, 0.29) is 6.04 Å². The molecule has 5 rings (SSSR count). The van der Waals surface area contributed by atoms with Crippen LogP contribution < -0.4 is 4.90 Å². The van der Waals surface area contributed by atoms with Crippen LogP contribution in [0.25, 0.3) is 0 Å². The van der Waals surface area contributed by atoms with Gasteiger partial charge in [-0.05, 0) is 42.9 Å². The van der Waals surface area contributed by atoms with Gasteiger partial charge in [0.2, 0.25) is 0 Å². The summed E-state index contributed by atoms with van der Waals surface area (Å²) in [6.07, 6.45) is 8.28. The number of hydrogen-bond donors (Lipinski definition) is 1. The lowest BCUT2D eigenvalue weighted by molar-refractivity contribution is 0.291. The molecule has 1 saturated heterocycles. The Hall–Kier alpha value is -2.68. The molecule has 0 bridgehead atoms. The Balaban J connectivity index is 1.49. The lowest BCUT2D eigenvalue weighted by Crippen LogP contribution is -2.49. The molecule has 2 aromatic carbocycles. The summed E-state index contributed by atoms with van der Waals surface area (Å²) in [6, 6.07) is 18.7. The van der Waals surface area contributed by atoms with Gasteiger partial charge in [0.05, 0.1) is 18.6 Å². The van der Waals surface area contributed by atoms with E-state index in [1.807, 2.05) is 24.4 Å². The van der Waals surface area contributed by atoms with Gasteiger partial charge in [-0.3, -0.25) is 0 Å². The third kappa shape index (κ3) is 5.04. The number of anilines is 1. The summed E-state index contributed by atoms with van der Waals surface area (Å²) in [6.45, 7) is 2.76. The van der Waals surface area contributed by atoms with Crippen LogP contribution in [0.15, 0.2) is 67.1 Å². The number of hydrogen-bond acceptors (Lipinski definition) is 4. The first-order valence-electron chi connectivity index (χ1n) is 12.2. The first-order chi connectivity index (χ1) is 16.6. The van der Waals surface area contributed by atoms with Crippen molar-refractivity contribution in [3.05, 3.63) is 83.9 Å². The van der Waals surface area contributed by atoms with Crippen LogP contribution in [0.5, 0.6) is 0 Å². The van der Waals surface area contributed by atoms with Crippen molar-refractivity contribution in [3.8, 4) is 0 Å². The number of piperidine rings is 1. The quantitative estimate of drug-likeness (QED) is 0.557. The number of aromatic nitrogens is 2. The van der Waals surface area contributed by atoms with Crippen molar-refractivity contribution in [3.63, 3.8) is 0 Å². The summed E-state index contributed by atoms with van der Waals surface area (Å²) in [5.41, 5.74) is 4.44. The number of aryl methyl sites for hydroxylation is 1. The Morgan fingerprint density at radius 1 is 0.941 bits per heavy atom. The molecule has 0 amide bonds. The zero-order chi connectivity index (χ0) is 23.4. The van der Waals surface area contributed by atoms with Gasteiger partial charge in [-0.1, -0.05) is 55.0 Å². The van der Waals surface area contributed by atoms with Crippen molar-refractivity contribution >= 4 is 15.9 Å². The maximum absolute atomic E-state index is 13.8. The molecule has 180 valence electrons. The van der Waals surface area contributed by atoms with Crippen LogP contribution in [0.4, 0.5) is 5.69 Å². The van der Waals surface area contributed by atoms with Gasteiger partial charge in [0.15, 0.2) is 0 Å². The molecule has 3 aromatic rings. The van der Waals surface area contributed by atoms with Crippen LogP contribution in [-0.4, -0.2) is 52.7 Å². The summed E-state index contributed by atoms with van der Waals surface area (Å²) in [4.78, 5) is 9.81. The maximum Gasteiger partial charge on any atom is 0.282 e. The van der Waals surface area contributed by atoms with Gasteiger partial charge in [0.25, 0.3) is 10.2 Å². The SMILES string of the molecule is O=S(=O)(N1CCCCC1)N1Cc2ccccc2N(Cc2cnc[nH]2)C(CCc2ccccc2)C1. The largest absolute Gasteiger partial charge is 0.361 e. The van der Waals surface area contributed by atoms with Crippen LogP contribution in [0.3, 0.4) is 0 Å². The number of nitrogens with zero attached hydrogens (tertiary/aromatic N) is 4. The molecule has 0 aliphatic carbocycles. The van der Waals surface area contributed by atoms with Gasteiger partial charge in [0, 0.05) is 44.1 Å². The van der Waals surface area contributed by atoms with Crippen LogP contribution in [0, 0.1) is 0 Å². The minimum absolute atomic E-state index is 0.0340. The zero-order valence-electron chi connectivity index (χ0n) is 19.5. The number of aromatic amines is 1. The minimum Gasteiger partial charge on any atom is -0.361 e. The molecule has 1 aromatic heterocycles. The third-order valence-electron chi connectivity index (χ3n) is 6.98. The highest BCUT2D eigenvalue weighted by Crippen LogP contribution is 2.33. The van der Waals surface area contributed by atoms with Crippen LogP contribution in [0.2, 0.25) is 0 Å². The molecule has 8 heteroatoms. The molecule has 34 heavy (non-hydrogen) atoms. The highest BCUT2D eigenvalue weighted by Gasteiger charge is 2.37. The number of imidazole rings is 1. The lowest BCUT2D eigenvalue weighted by atomic mass is 10.0. The molecule has 2 aliphatic heterocycles. The van der Waals surface area contributed by atoms with E-state index in [2.05, 4.69) is 51.3 Å². The monoisotopic (exact) mass is 479 g/mol. The Labute approximate surface area is 202 Å². The standard InChI is InChI=1S/C26H33N5O2S/c32-34(33,29-15-7-2-8-16-29)30-18-23-11-5-6-12-26(23)31(19-24-17-27-21-28-24)25(20-30)14-13-22-9-3-1-4-10-22/h1,3-6,9-12,17,21,25H,2,7-8,13-16,18-20H2,(H,27,28). The summed E-state index contributed by atoms with van der Waals surface area (Å²) >= 11 is 0. The third-order valence-corrected chi connectivity index (χ3v) is 8.92. The van der Waals surface area contributed by atoms with Crippen molar-refractivity contribution in [1.29, 1.82) is 0 Å². The molecular weight excluding hydrogens is 446 g/mol. The lowest BCUT2D eigenvalue weighted by Gasteiger charge is -2.36. The van der Waals surface area contributed by atoms with Crippen LogP contribution >= 0.6 is 0 Å². The Kier molecular flexibility index (Phi) is 6.99. The van der Waals surface area contributed by atoms with Crippen molar-refractivity contribution in [2.75, 3.05) is 24.5 Å². The Bertz CT molecular complexity index is 1160. The first kappa shape index (κ1) is 23.1. The maximum atomic E-state index is 13.8. The van der Waals surface area contributed by atoms with Gasteiger partial charge >= 0.3 is 0 Å². The second-order valence-corrected chi connectivity index (χ2v) is 11.2. The van der Waals surface area contributed by atoms with Crippen molar-refractivity contribution in [1.82, 2.24) is 18.6 Å². The van der Waals surface area contributed by atoms with Crippen molar-refractivity contribution < 1.29 is 8.42 Å². The van der Waals surface area contributed by atoms with Crippen molar-refractivity contribution in [2.24, 2.45) is 0 Å². The fraction of sp³-hybridized carbons (Fsp3) is 0.423. The fourth-order valence-corrected chi connectivity index (χ4v) is 6.85. The molecule has 3 heterocycles. The molecule has 0 spiro atoms. The van der Waals surface area contributed by atoms with E-state index in [4.69, 9.17) is 0 Å². The molecule has 0 radical (unpaired) electrons. The van der Waals surface area contributed by atoms with Gasteiger partial charge in [-0.15, -0.1) is 0 Å². The van der Waals surface area contributed by atoms with E-state index >= 15 is 0 Å². The number of rotatable bonds is 7. The summed E-state index contributed by atoms with van der Waals surface area (Å²) in [5, 5.41) is 0. The average Bonchev–Trinajstić information content (AvgIpc) is 3.33. The molecular formula is C26H33N5O2S. The van der Waals surface area contributed by atoms with Gasteiger partial charge in [-0.25, -0.2) is 4.98 Å². The van der Waals surface area contributed by atoms with Gasteiger partial charge in [0.1, 0.15) is 0 Å². The number of benzene rings is 2. The Morgan fingerprint density at radius 2 is 1.71 bits per heavy atom. The highest BCUT2D eigenvalue weighted by molar-refractivity contribution is 7.86. The molecule has 0 saturated carbocycles. The number of H-pyrrole nitrogens is 1. The predicted octanol–water partition coefficient (Wildman–Crippen LogP) is 3.96. The fourth-order valence-electron chi connectivity index (χ4n) is 5.14. The van der Waals surface area contributed by atoms with E-state index in [0.29, 0.717) is 32.7 Å². The molecule has 7 nitrogen and oxygen atoms in total. The molecule has 2 aliphatic rings. The Morgan fingerprint density at radius 3 is 2.47 bits per heavy atom. The highest BCUT2D eigenvalue weighted by atomic mass is 32.2. The molecule has 1 atom stereocenters. The average molecular weight is 480 g/mol. The molecule has 1 N–H and O–H groups in total. The molecule has 1 fully saturated rings.